The SMILES string of the molecule is C=CC(C)NC(=S)NNC(=S)NC.C=CCNC(=S)NN(C)C(N)=S.CNC(=N[N+](=O)[O-])NCc1cnc(Cl)s1. The summed E-state index contributed by atoms with van der Waals surface area (Å²) in [6, 6.07) is 0.130. The smallest absolute Gasteiger partial charge is 0.268 e. The van der Waals surface area contributed by atoms with E-state index in [2.05, 4.69) is 78.3 Å². The maximum atomic E-state index is 10.1. The van der Waals surface area contributed by atoms with Gasteiger partial charge in [0.15, 0.2) is 29.9 Å². The first-order valence-corrected chi connectivity index (χ1v) is 13.7. The molecular formula is C19H34ClN13O2S5. The maximum absolute atomic E-state index is 10.1. The topological polar surface area (TPSA) is 194 Å². The fourth-order valence-corrected chi connectivity index (χ4v) is 3.15. The molecule has 0 aromatic carbocycles. The molecule has 21 heteroatoms. The molecule has 0 aliphatic carbocycles. The molecule has 0 saturated carbocycles. The van der Waals surface area contributed by atoms with Gasteiger partial charge in [-0.3, -0.25) is 21.3 Å². The van der Waals surface area contributed by atoms with E-state index in [4.69, 9.17) is 54.0 Å². The van der Waals surface area contributed by atoms with E-state index in [0.29, 0.717) is 32.9 Å². The second-order valence-electron chi connectivity index (χ2n) is 6.70. The molecular weight excluding hydrogens is 638 g/mol. The van der Waals surface area contributed by atoms with E-state index in [1.165, 1.54) is 23.4 Å². The molecule has 0 aliphatic heterocycles. The van der Waals surface area contributed by atoms with E-state index in [9.17, 15) is 10.1 Å². The molecule has 0 saturated heterocycles. The summed E-state index contributed by atoms with van der Waals surface area (Å²) in [7, 11) is 4.94. The average molecular weight is 672 g/mol. The molecule has 1 heterocycles. The number of guanidine groups is 1. The number of nitrogens with one attached hydrogen (secondary N) is 8. The highest BCUT2D eigenvalue weighted by Gasteiger charge is 2.04. The number of thiazole rings is 1. The molecule has 1 rings (SSSR count). The van der Waals surface area contributed by atoms with Gasteiger partial charge < -0.3 is 32.3 Å². The molecule has 0 radical (unpaired) electrons. The fraction of sp³-hybridized carbons (Fsp3) is 0.368. The zero-order valence-corrected chi connectivity index (χ0v) is 27.1. The summed E-state index contributed by atoms with van der Waals surface area (Å²) in [5.74, 6) is 0.0875. The van der Waals surface area contributed by atoms with Crippen molar-refractivity contribution in [3.05, 3.63) is 51.0 Å². The van der Waals surface area contributed by atoms with Gasteiger partial charge in [0, 0.05) is 44.8 Å². The van der Waals surface area contributed by atoms with Crippen molar-refractivity contribution in [2.75, 3.05) is 27.7 Å². The predicted molar refractivity (Wildman–Crippen MR) is 179 cm³/mol. The van der Waals surface area contributed by atoms with Gasteiger partial charge in [-0.2, -0.15) is 0 Å². The number of nitrogens with zero attached hydrogens (tertiary/aromatic N) is 4. The lowest BCUT2D eigenvalue weighted by Gasteiger charge is -2.19. The molecule has 1 aromatic rings. The number of hydrogen-bond acceptors (Lipinski definition) is 8. The van der Waals surface area contributed by atoms with Crippen LogP contribution in [0.1, 0.15) is 11.8 Å². The molecule has 0 aliphatic rings. The largest absolute Gasteiger partial charge is 0.375 e. The zero-order valence-electron chi connectivity index (χ0n) is 22.2. The summed E-state index contributed by atoms with van der Waals surface area (Å²) in [5, 5.41) is 29.4. The van der Waals surface area contributed by atoms with Crippen molar-refractivity contribution in [3.8, 4) is 0 Å². The second-order valence-corrected chi connectivity index (χ2v) is 10.0. The van der Waals surface area contributed by atoms with Crippen LogP contribution in [0.4, 0.5) is 0 Å². The average Bonchev–Trinajstić information content (AvgIpc) is 3.33. The second kappa shape index (κ2) is 23.7. The Bertz CT molecular complexity index is 1020. The Labute approximate surface area is 263 Å². The van der Waals surface area contributed by atoms with Crippen LogP contribution in [0.2, 0.25) is 4.47 Å². The van der Waals surface area contributed by atoms with Gasteiger partial charge in [0.05, 0.1) is 6.54 Å². The molecule has 1 atom stereocenters. The van der Waals surface area contributed by atoms with E-state index in [1.54, 1.807) is 32.4 Å². The van der Waals surface area contributed by atoms with Crippen molar-refractivity contribution < 1.29 is 5.03 Å². The van der Waals surface area contributed by atoms with Gasteiger partial charge in [0.2, 0.25) is 0 Å². The zero-order chi connectivity index (χ0) is 31.1. The highest BCUT2D eigenvalue weighted by molar-refractivity contribution is 7.81. The lowest BCUT2D eigenvalue weighted by Crippen LogP contribution is -2.50. The molecule has 0 bridgehead atoms. The van der Waals surface area contributed by atoms with Crippen molar-refractivity contribution in [3.63, 3.8) is 0 Å². The van der Waals surface area contributed by atoms with E-state index in [-0.39, 0.29) is 17.1 Å². The molecule has 0 spiro atoms. The molecule has 224 valence electrons. The Kier molecular flexibility index (Phi) is 23.1. The van der Waals surface area contributed by atoms with Crippen molar-refractivity contribution in [2.45, 2.75) is 19.5 Å². The van der Waals surface area contributed by atoms with Gasteiger partial charge in [-0.25, -0.2) is 15.1 Å². The van der Waals surface area contributed by atoms with Crippen LogP contribution in [0.25, 0.3) is 0 Å². The van der Waals surface area contributed by atoms with E-state index in [1.807, 2.05) is 6.92 Å². The first-order valence-electron chi connectivity index (χ1n) is 10.9. The third-order valence-electron chi connectivity index (χ3n) is 3.61. The lowest BCUT2D eigenvalue weighted by molar-refractivity contribution is -0.485. The van der Waals surface area contributed by atoms with Crippen molar-refractivity contribution in [1.82, 2.24) is 52.9 Å². The summed E-state index contributed by atoms with van der Waals surface area (Å²) in [6.45, 7) is 10.1. The minimum atomic E-state index is -0.779. The highest BCUT2D eigenvalue weighted by Crippen LogP contribution is 2.16. The van der Waals surface area contributed by atoms with Gasteiger partial charge in [-0.15, -0.1) is 24.5 Å². The summed E-state index contributed by atoms with van der Waals surface area (Å²) < 4.78 is 0.434. The molecule has 0 amide bonds. The quantitative estimate of drug-likeness (QED) is 0.0483. The van der Waals surface area contributed by atoms with Gasteiger partial charge in [-0.1, -0.05) is 23.8 Å². The van der Waals surface area contributed by atoms with Gasteiger partial charge in [-0.05, 0) is 55.8 Å². The van der Waals surface area contributed by atoms with Crippen molar-refractivity contribution >= 4 is 98.2 Å². The van der Waals surface area contributed by atoms with Crippen LogP contribution in [-0.4, -0.2) is 75.2 Å². The predicted octanol–water partition coefficient (Wildman–Crippen LogP) is 0.414. The number of aromatic nitrogens is 1. The minimum absolute atomic E-state index is 0.0875. The highest BCUT2D eigenvalue weighted by atomic mass is 35.5. The van der Waals surface area contributed by atoms with Crippen LogP contribution >= 0.6 is 71.8 Å². The van der Waals surface area contributed by atoms with Gasteiger partial charge in [0.1, 0.15) is 5.10 Å². The third-order valence-corrected chi connectivity index (χ3v) is 5.76. The number of rotatable bonds is 7. The standard InChI is InChI=1S/C7H14N4S2.C6H8ClN5O2S.C6H12N4S2/c1-4-5(2)9-7(13)11-10-6(12)8-3;1-8-6(11-12(13)14)10-3-4-2-9-5(7)15-4;1-3-4-8-6(12)9-10(2)5(7)11/h4-5H,1H2,2-3H3,(H2,8,10,12)(H2,9,11,13);2H,3H2,1H3,(H2,8,10,11);3H,1,4H2,2H3,(H2,7,11)(H2,8,9,12). The lowest BCUT2D eigenvalue weighted by atomic mass is 10.3. The van der Waals surface area contributed by atoms with E-state index < -0.39 is 5.03 Å². The Morgan fingerprint density at radius 1 is 1.23 bits per heavy atom. The van der Waals surface area contributed by atoms with E-state index in [0.717, 1.165) is 4.88 Å². The Balaban J connectivity index is 0. The molecule has 15 nitrogen and oxygen atoms in total. The number of halogens is 1. The number of thiocarbonyl (C=S) groups is 4. The van der Waals surface area contributed by atoms with Crippen molar-refractivity contribution in [1.29, 1.82) is 0 Å². The number of hydrazone groups is 1. The van der Waals surface area contributed by atoms with Gasteiger partial charge >= 0.3 is 0 Å². The fourth-order valence-electron chi connectivity index (χ4n) is 1.68. The Morgan fingerprint density at radius 2 is 1.85 bits per heavy atom. The Morgan fingerprint density at radius 3 is 2.30 bits per heavy atom. The van der Waals surface area contributed by atoms with Gasteiger partial charge in [0.25, 0.3) is 5.96 Å². The van der Waals surface area contributed by atoms with Crippen LogP contribution in [0.5, 0.6) is 0 Å². The first-order chi connectivity index (χ1) is 18.8. The number of nitro groups is 1. The molecule has 1 aromatic heterocycles. The molecule has 1 unspecified atom stereocenters. The van der Waals surface area contributed by atoms with Crippen LogP contribution < -0.4 is 48.6 Å². The first kappa shape index (κ1) is 39.0. The summed E-state index contributed by atoms with van der Waals surface area (Å²) in [5.41, 5.74) is 13.5. The van der Waals surface area contributed by atoms with Crippen LogP contribution in [-0.2, 0) is 6.54 Å². The maximum Gasteiger partial charge on any atom is 0.268 e. The van der Waals surface area contributed by atoms with Crippen LogP contribution in [0.3, 0.4) is 0 Å². The molecule has 10 N–H and O–H groups in total. The normalized spacial score (nSPS) is 10.3. The summed E-state index contributed by atoms with van der Waals surface area (Å²) in [6.07, 6.45) is 5.05. The number of nitrogens with two attached hydrogens (primary N) is 1. The number of hydrazine groups is 2. The Hall–Kier alpha value is -3.17. The van der Waals surface area contributed by atoms with Crippen LogP contribution in [0, 0.1) is 10.1 Å². The number of hydrogen-bond donors (Lipinski definition) is 9. The van der Waals surface area contributed by atoms with Crippen molar-refractivity contribution in [2.24, 2.45) is 10.8 Å². The van der Waals surface area contributed by atoms with Crippen LogP contribution in [0.15, 0.2) is 36.6 Å². The van der Waals surface area contributed by atoms with E-state index >= 15 is 0 Å². The summed E-state index contributed by atoms with van der Waals surface area (Å²) in [4.78, 5) is 14.8. The summed E-state index contributed by atoms with van der Waals surface area (Å²) >= 11 is 26.3. The minimum Gasteiger partial charge on any atom is -0.375 e. The third kappa shape index (κ3) is 22.8. The monoisotopic (exact) mass is 671 g/mol. The molecule has 0 fully saturated rings. The molecule has 40 heavy (non-hydrogen) atoms.